The largest absolute Gasteiger partial charge is 0.469 e. The van der Waals surface area contributed by atoms with Crippen LogP contribution in [0.3, 0.4) is 0 Å². The molecule has 104 valence electrons. The van der Waals surface area contributed by atoms with Crippen molar-refractivity contribution in [2.24, 2.45) is 0 Å². The fraction of sp³-hybridized carbons (Fsp3) is 0.429. The summed E-state index contributed by atoms with van der Waals surface area (Å²) in [6.07, 6.45) is 1.11. The predicted octanol–water partition coefficient (Wildman–Crippen LogP) is 2.40. The summed E-state index contributed by atoms with van der Waals surface area (Å²) in [6, 6.07) is 7.93. The van der Waals surface area contributed by atoms with Crippen molar-refractivity contribution in [3.05, 3.63) is 34.3 Å². The van der Waals surface area contributed by atoms with Gasteiger partial charge in [-0.3, -0.25) is 9.59 Å². The molecule has 1 amide bonds. The molecule has 1 aromatic rings. The number of esters is 1. The highest BCUT2D eigenvalue weighted by Gasteiger charge is 2.11. The number of carbonyl (C=O) groups is 2. The van der Waals surface area contributed by atoms with Gasteiger partial charge in [-0.05, 0) is 18.1 Å². The highest BCUT2D eigenvalue weighted by molar-refractivity contribution is 9.10. The molecule has 0 fully saturated rings. The molecule has 5 heteroatoms. The predicted molar refractivity (Wildman–Crippen MR) is 76.7 cm³/mol. The topological polar surface area (TPSA) is 46.6 Å². The summed E-state index contributed by atoms with van der Waals surface area (Å²) in [5.41, 5.74) is 1.16. The standard InChI is InChI=1S/C14H18BrNO3/c1-16(13(17)7-8-14(18)19-2)10-9-11-5-3-4-6-12(11)15/h3-6H,7-10H2,1-2H3. The van der Waals surface area contributed by atoms with Crippen LogP contribution < -0.4 is 0 Å². The van der Waals surface area contributed by atoms with Crippen molar-refractivity contribution in [3.63, 3.8) is 0 Å². The van der Waals surface area contributed by atoms with Gasteiger partial charge < -0.3 is 9.64 Å². The van der Waals surface area contributed by atoms with Crippen LogP contribution >= 0.6 is 15.9 Å². The van der Waals surface area contributed by atoms with E-state index in [4.69, 9.17) is 0 Å². The van der Waals surface area contributed by atoms with Gasteiger partial charge in [0.05, 0.1) is 13.5 Å². The Morgan fingerprint density at radius 3 is 2.58 bits per heavy atom. The molecule has 19 heavy (non-hydrogen) atoms. The smallest absolute Gasteiger partial charge is 0.306 e. The van der Waals surface area contributed by atoms with Crippen LogP contribution in [0, 0.1) is 0 Å². The van der Waals surface area contributed by atoms with Crippen LogP contribution in [-0.4, -0.2) is 37.5 Å². The van der Waals surface area contributed by atoms with Crippen molar-refractivity contribution in [2.45, 2.75) is 19.3 Å². The molecule has 0 saturated heterocycles. The van der Waals surface area contributed by atoms with Gasteiger partial charge in [0.2, 0.25) is 5.91 Å². The summed E-state index contributed by atoms with van der Waals surface area (Å²) in [5.74, 6) is -0.398. The van der Waals surface area contributed by atoms with E-state index in [2.05, 4.69) is 20.7 Å². The summed E-state index contributed by atoms with van der Waals surface area (Å²) in [4.78, 5) is 24.4. The van der Waals surface area contributed by atoms with E-state index < -0.39 is 0 Å². The average Bonchev–Trinajstić information content (AvgIpc) is 2.43. The second-order valence-electron chi connectivity index (χ2n) is 4.23. The van der Waals surface area contributed by atoms with Gasteiger partial charge in [0.15, 0.2) is 0 Å². The van der Waals surface area contributed by atoms with E-state index in [9.17, 15) is 9.59 Å². The third kappa shape index (κ3) is 5.42. The molecule has 0 heterocycles. The zero-order chi connectivity index (χ0) is 14.3. The Labute approximate surface area is 121 Å². The molecule has 0 aromatic heterocycles. The van der Waals surface area contributed by atoms with E-state index in [1.165, 1.54) is 7.11 Å². The van der Waals surface area contributed by atoms with E-state index in [1.54, 1.807) is 11.9 Å². The zero-order valence-corrected chi connectivity index (χ0v) is 12.8. The summed E-state index contributed by atoms with van der Waals surface area (Å²) in [7, 11) is 3.07. The fourth-order valence-corrected chi connectivity index (χ4v) is 2.10. The maximum absolute atomic E-state index is 11.8. The molecule has 0 N–H and O–H groups in total. The first-order valence-corrected chi connectivity index (χ1v) is 6.88. The van der Waals surface area contributed by atoms with Gasteiger partial charge in [0.25, 0.3) is 0 Å². The first-order chi connectivity index (χ1) is 9.04. The molecule has 0 aliphatic carbocycles. The van der Waals surface area contributed by atoms with E-state index in [0.717, 1.165) is 16.5 Å². The number of rotatable bonds is 6. The Kier molecular flexibility index (Phi) is 6.56. The minimum Gasteiger partial charge on any atom is -0.469 e. The highest BCUT2D eigenvalue weighted by atomic mass is 79.9. The Bertz CT molecular complexity index is 448. The van der Waals surface area contributed by atoms with Crippen LogP contribution in [0.25, 0.3) is 0 Å². The Morgan fingerprint density at radius 1 is 1.26 bits per heavy atom. The number of halogens is 1. The zero-order valence-electron chi connectivity index (χ0n) is 11.2. The lowest BCUT2D eigenvalue weighted by Gasteiger charge is -2.17. The minimum atomic E-state index is -0.354. The van der Waals surface area contributed by atoms with Crippen LogP contribution in [0.5, 0.6) is 0 Å². The molecule has 0 spiro atoms. The molecular formula is C14H18BrNO3. The van der Waals surface area contributed by atoms with Crippen molar-refractivity contribution in [1.82, 2.24) is 4.90 Å². The summed E-state index contributed by atoms with van der Waals surface area (Å²) in [5, 5.41) is 0. The lowest BCUT2D eigenvalue weighted by molar-refractivity contribution is -0.143. The van der Waals surface area contributed by atoms with Crippen LogP contribution in [0.15, 0.2) is 28.7 Å². The van der Waals surface area contributed by atoms with Gasteiger partial charge in [0.1, 0.15) is 0 Å². The van der Waals surface area contributed by atoms with Crippen LogP contribution in [0.2, 0.25) is 0 Å². The van der Waals surface area contributed by atoms with Crippen molar-refractivity contribution in [1.29, 1.82) is 0 Å². The van der Waals surface area contributed by atoms with Gasteiger partial charge in [0, 0.05) is 24.5 Å². The maximum Gasteiger partial charge on any atom is 0.306 e. The van der Waals surface area contributed by atoms with Crippen molar-refractivity contribution in [3.8, 4) is 0 Å². The van der Waals surface area contributed by atoms with Crippen molar-refractivity contribution < 1.29 is 14.3 Å². The monoisotopic (exact) mass is 327 g/mol. The normalized spacial score (nSPS) is 10.1. The Morgan fingerprint density at radius 2 is 1.95 bits per heavy atom. The van der Waals surface area contributed by atoms with Crippen molar-refractivity contribution in [2.75, 3.05) is 20.7 Å². The maximum atomic E-state index is 11.8. The number of benzene rings is 1. The molecular weight excluding hydrogens is 310 g/mol. The molecule has 0 radical (unpaired) electrons. The second-order valence-corrected chi connectivity index (χ2v) is 5.09. The number of amides is 1. The highest BCUT2D eigenvalue weighted by Crippen LogP contribution is 2.16. The average molecular weight is 328 g/mol. The van der Waals surface area contributed by atoms with Gasteiger partial charge in [-0.1, -0.05) is 34.1 Å². The Balaban J connectivity index is 2.38. The number of carbonyl (C=O) groups excluding carboxylic acids is 2. The number of hydrogen-bond acceptors (Lipinski definition) is 3. The molecule has 0 aliphatic heterocycles. The first-order valence-electron chi connectivity index (χ1n) is 6.08. The fourth-order valence-electron chi connectivity index (χ4n) is 1.62. The lowest BCUT2D eigenvalue weighted by atomic mass is 10.1. The van der Waals surface area contributed by atoms with E-state index in [1.807, 2.05) is 24.3 Å². The summed E-state index contributed by atoms with van der Waals surface area (Å²) >= 11 is 3.48. The van der Waals surface area contributed by atoms with Crippen LogP contribution in [0.4, 0.5) is 0 Å². The van der Waals surface area contributed by atoms with Gasteiger partial charge in [-0.15, -0.1) is 0 Å². The SMILES string of the molecule is COC(=O)CCC(=O)N(C)CCc1ccccc1Br. The van der Waals surface area contributed by atoms with Crippen molar-refractivity contribution >= 4 is 27.8 Å². The molecule has 0 aliphatic rings. The molecule has 4 nitrogen and oxygen atoms in total. The molecule has 0 atom stereocenters. The number of methoxy groups -OCH3 is 1. The Hall–Kier alpha value is -1.36. The summed E-state index contributed by atoms with van der Waals surface area (Å²) in [6.45, 7) is 0.628. The molecule has 0 bridgehead atoms. The van der Waals surface area contributed by atoms with Gasteiger partial charge in [-0.25, -0.2) is 0 Å². The van der Waals surface area contributed by atoms with E-state index in [-0.39, 0.29) is 24.7 Å². The summed E-state index contributed by atoms with van der Waals surface area (Å²) < 4.78 is 5.56. The van der Waals surface area contributed by atoms with Gasteiger partial charge in [-0.2, -0.15) is 0 Å². The van der Waals surface area contributed by atoms with Crippen LogP contribution in [0.1, 0.15) is 18.4 Å². The molecule has 1 rings (SSSR count). The van der Waals surface area contributed by atoms with E-state index >= 15 is 0 Å². The first kappa shape index (κ1) is 15.7. The molecule has 0 unspecified atom stereocenters. The third-order valence-electron chi connectivity index (χ3n) is 2.87. The quantitative estimate of drug-likeness (QED) is 0.754. The number of hydrogen-bond donors (Lipinski definition) is 0. The van der Waals surface area contributed by atoms with E-state index in [0.29, 0.717) is 6.54 Å². The van der Waals surface area contributed by atoms with Crippen LogP contribution in [-0.2, 0) is 20.7 Å². The molecule has 0 saturated carbocycles. The number of likely N-dealkylation sites (N-methyl/N-ethyl adjacent to an activating group) is 1. The van der Waals surface area contributed by atoms with Gasteiger partial charge >= 0.3 is 5.97 Å². The minimum absolute atomic E-state index is 0.0440. The molecule has 1 aromatic carbocycles. The lowest BCUT2D eigenvalue weighted by Crippen LogP contribution is -2.29. The third-order valence-corrected chi connectivity index (χ3v) is 3.64. The number of ether oxygens (including phenoxy) is 1. The second kappa shape index (κ2) is 7.94. The number of nitrogens with zero attached hydrogens (tertiary/aromatic N) is 1.